The van der Waals surface area contributed by atoms with Crippen LogP contribution in [0.15, 0.2) is 46.9 Å². The van der Waals surface area contributed by atoms with Gasteiger partial charge in [-0.25, -0.2) is 4.79 Å². The average molecular weight is 380 g/mol. The van der Waals surface area contributed by atoms with Crippen LogP contribution < -0.4 is 0 Å². The van der Waals surface area contributed by atoms with Crippen LogP contribution in [0.25, 0.3) is 22.3 Å². The number of Topliss-reactive ketones (excluding diaryl/α,β-unsaturated/α-hetero) is 1. The molecule has 0 bridgehead atoms. The highest BCUT2D eigenvalue weighted by molar-refractivity contribution is 6.08. The number of phenolic OH excluding ortho intramolecular Hbond substituents is 1. The summed E-state index contributed by atoms with van der Waals surface area (Å²) in [6.07, 6.45) is 4.67. The Bertz CT molecular complexity index is 999. The molecule has 1 N–H and O–H groups in total. The van der Waals surface area contributed by atoms with E-state index < -0.39 is 5.97 Å². The zero-order valence-corrected chi connectivity index (χ0v) is 16.2. The molecular weight excluding hydrogens is 356 g/mol. The zero-order valence-electron chi connectivity index (χ0n) is 16.2. The molecule has 0 fully saturated rings. The van der Waals surface area contributed by atoms with Crippen LogP contribution in [0.1, 0.15) is 59.7 Å². The summed E-state index contributed by atoms with van der Waals surface area (Å²) in [7, 11) is 1.30. The van der Waals surface area contributed by atoms with E-state index in [1.54, 1.807) is 24.3 Å². The van der Waals surface area contributed by atoms with Crippen LogP contribution in [-0.2, 0) is 4.74 Å². The first-order valence-corrected chi connectivity index (χ1v) is 9.52. The molecule has 0 atom stereocenters. The Hall–Kier alpha value is -3.08. The van der Waals surface area contributed by atoms with E-state index in [2.05, 4.69) is 6.92 Å². The molecule has 0 saturated carbocycles. The van der Waals surface area contributed by atoms with Crippen molar-refractivity contribution in [2.45, 2.75) is 39.0 Å². The Morgan fingerprint density at radius 1 is 1.07 bits per heavy atom. The predicted octanol–water partition coefficient (Wildman–Crippen LogP) is 5.75. The molecule has 2 aromatic carbocycles. The quantitative estimate of drug-likeness (QED) is 0.306. The molecule has 28 heavy (non-hydrogen) atoms. The highest BCUT2D eigenvalue weighted by Gasteiger charge is 2.17. The van der Waals surface area contributed by atoms with Gasteiger partial charge >= 0.3 is 5.97 Å². The van der Waals surface area contributed by atoms with E-state index in [-0.39, 0.29) is 11.5 Å². The van der Waals surface area contributed by atoms with Gasteiger partial charge in [-0.3, -0.25) is 4.79 Å². The van der Waals surface area contributed by atoms with Crippen molar-refractivity contribution in [1.29, 1.82) is 0 Å². The molecule has 0 aliphatic rings. The van der Waals surface area contributed by atoms with Crippen molar-refractivity contribution in [2.24, 2.45) is 0 Å². The van der Waals surface area contributed by atoms with Crippen LogP contribution in [0.5, 0.6) is 5.75 Å². The van der Waals surface area contributed by atoms with Crippen molar-refractivity contribution in [3.8, 4) is 17.1 Å². The van der Waals surface area contributed by atoms with E-state index >= 15 is 0 Å². The molecular formula is C23H24O5. The lowest BCUT2D eigenvalue weighted by Crippen LogP contribution is -2.00. The molecule has 0 saturated heterocycles. The van der Waals surface area contributed by atoms with Gasteiger partial charge in [0.2, 0.25) is 0 Å². The van der Waals surface area contributed by atoms with Gasteiger partial charge in [0.1, 0.15) is 17.1 Å². The van der Waals surface area contributed by atoms with Gasteiger partial charge in [0.05, 0.1) is 18.2 Å². The molecule has 5 nitrogen and oxygen atoms in total. The summed E-state index contributed by atoms with van der Waals surface area (Å²) in [5.41, 5.74) is 1.87. The number of ether oxygens (including phenoxy) is 1. The summed E-state index contributed by atoms with van der Waals surface area (Å²) in [4.78, 5) is 24.5. The SMILES string of the molecule is CCCCCCC(=O)c1cccc2oc(-c3cc(C(=O)OC)ccc3O)cc12. The molecule has 1 heterocycles. The number of furan rings is 1. The Kier molecular flexibility index (Phi) is 6.14. The number of phenols is 1. The first-order chi connectivity index (χ1) is 13.5. The third kappa shape index (κ3) is 4.09. The Labute approximate surface area is 163 Å². The van der Waals surface area contributed by atoms with E-state index in [0.29, 0.717) is 39.8 Å². The summed E-state index contributed by atoms with van der Waals surface area (Å²) in [6, 6.07) is 11.5. The van der Waals surface area contributed by atoms with E-state index in [4.69, 9.17) is 9.15 Å². The first kappa shape index (κ1) is 19.7. The summed E-state index contributed by atoms with van der Waals surface area (Å²) in [5, 5.41) is 10.9. The molecule has 0 amide bonds. The predicted molar refractivity (Wildman–Crippen MR) is 108 cm³/mol. The maximum absolute atomic E-state index is 12.7. The average Bonchev–Trinajstić information content (AvgIpc) is 3.14. The van der Waals surface area contributed by atoms with Crippen LogP contribution in [0.2, 0.25) is 0 Å². The largest absolute Gasteiger partial charge is 0.507 e. The number of esters is 1. The van der Waals surface area contributed by atoms with Crippen LogP contribution in [-0.4, -0.2) is 24.0 Å². The second-order valence-electron chi connectivity index (χ2n) is 6.79. The molecule has 3 aromatic rings. The maximum atomic E-state index is 12.7. The summed E-state index contributed by atoms with van der Waals surface area (Å²) in [5.74, 6) is -0.0365. The van der Waals surface area contributed by atoms with E-state index in [1.165, 1.54) is 25.3 Å². The third-order valence-corrected chi connectivity index (χ3v) is 4.80. The van der Waals surface area contributed by atoms with Gasteiger partial charge in [0, 0.05) is 17.4 Å². The fourth-order valence-corrected chi connectivity index (χ4v) is 3.26. The van der Waals surface area contributed by atoms with Crippen molar-refractivity contribution >= 4 is 22.7 Å². The molecule has 1 aromatic heterocycles. The normalized spacial score (nSPS) is 10.9. The number of aromatic hydroxyl groups is 1. The van der Waals surface area contributed by atoms with Crippen molar-refractivity contribution in [3.63, 3.8) is 0 Å². The van der Waals surface area contributed by atoms with E-state index in [1.807, 2.05) is 0 Å². The van der Waals surface area contributed by atoms with Crippen LogP contribution in [0.3, 0.4) is 0 Å². The molecule has 0 aliphatic carbocycles. The Morgan fingerprint density at radius 2 is 1.89 bits per heavy atom. The monoisotopic (exact) mass is 380 g/mol. The van der Waals surface area contributed by atoms with Gasteiger partial charge < -0.3 is 14.3 Å². The van der Waals surface area contributed by atoms with Crippen LogP contribution in [0, 0.1) is 0 Å². The number of hydrogen-bond donors (Lipinski definition) is 1. The Balaban J connectivity index is 1.95. The fraction of sp³-hybridized carbons (Fsp3) is 0.304. The van der Waals surface area contributed by atoms with Gasteiger partial charge in [-0.15, -0.1) is 0 Å². The number of methoxy groups -OCH3 is 1. The highest BCUT2D eigenvalue weighted by Crippen LogP contribution is 2.35. The van der Waals surface area contributed by atoms with Crippen molar-refractivity contribution < 1.29 is 23.8 Å². The van der Waals surface area contributed by atoms with Crippen molar-refractivity contribution in [1.82, 2.24) is 0 Å². The lowest BCUT2D eigenvalue weighted by molar-refractivity contribution is 0.0600. The molecule has 0 radical (unpaired) electrons. The fourth-order valence-electron chi connectivity index (χ4n) is 3.26. The smallest absolute Gasteiger partial charge is 0.337 e. The molecule has 146 valence electrons. The number of unbranched alkanes of at least 4 members (excludes halogenated alkanes) is 3. The number of rotatable bonds is 8. The second-order valence-corrected chi connectivity index (χ2v) is 6.79. The lowest BCUT2D eigenvalue weighted by Gasteiger charge is -2.04. The minimum absolute atomic E-state index is 0.0147. The number of ketones is 1. The van der Waals surface area contributed by atoms with Crippen LogP contribution in [0.4, 0.5) is 0 Å². The van der Waals surface area contributed by atoms with Gasteiger partial charge in [0.15, 0.2) is 5.78 Å². The Morgan fingerprint density at radius 3 is 2.64 bits per heavy atom. The standard InChI is InChI=1S/C23H24O5/c1-3-4-5-6-9-19(24)16-8-7-10-21-17(16)14-22(28-21)18-13-15(23(26)27-2)11-12-20(18)25/h7-8,10-14,25H,3-6,9H2,1-2H3. The minimum atomic E-state index is -0.500. The molecule has 0 spiro atoms. The topological polar surface area (TPSA) is 76.7 Å². The number of benzene rings is 2. The maximum Gasteiger partial charge on any atom is 0.337 e. The number of fused-ring (bicyclic) bond motifs is 1. The third-order valence-electron chi connectivity index (χ3n) is 4.80. The van der Waals surface area contributed by atoms with E-state index in [9.17, 15) is 14.7 Å². The molecule has 5 heteroatoms. The number of hydrogen-bond acceptors (Lipinski definition) is 5. The summed E-state index contributed by atoms with van der Waals surface area (Å²) < 4.78 is 10.6. The number of carbonyl (C=O) groups excluding carboxylic acids is 2. The van der Waals surface area contributed by atoms with Gasteiger partial charge in [-0.05, 0) is 36.8 Å². The summed E-state index contributed by atoms with van der Waals surface area (Å²) >= 11 is 0. The van der Waals surface area contributed by atoms with Gasteiger partial charge in [0.25, 0.3) is 0 Å². The number of carbonyl (C=O) groups is 2. The molecule has 0 aliphatic heterocycles. The summed E-state index contributed by atoms with van der Waals surface area (Å²) in [6.45, 7) is 2.14. The zero-order chi connectivity index (χ0) is 20.1. The van der Waals surface area contributed by atoms with E-state index in [0.717, 1.165) is 25.7 Å². The molecule has 3 rings (SSSR count). The van der Waals surface area contributed by atoms with Gasteiger partial charge in [-0.1, -0.05) is 38.3 Å². The first-order valence-electron chi connectivity index (χ1n) is 9.52. The molecule has 0 unspecified atom stereocenters. The highest BCUT2D eigenvalue weighted by atomic mass is 16.5. The van der Waals surface area contributed by atoms with Gasteiger partial charge in [-0.2, -0.15) is 0 Å². The lowest BCUT2D eigenvalue weighted by atomic mass is 10.0. The van der Waals surface area contributed by atoms with Crippen LogP contribution >= 0.6 is 0 Å². The minimum Gasteiger partial charge on any atom is -0.507 e. The van der Waals surface area contributed by atoms with Crippen molar-refractivity contribution in [3.05, 3.63) is 53.6 Å². The second kappa shape index (κ2) is 8.74. The van der Waals surface area contributed by atoms with Crippen molar-refractivity contribution in [2.75, 3.05) is 7.11 Å².